The van der Waals surface area contributed by atoms with E-state index in [1.165, 1.54) is 11.8 Å². The van der Waals surface area contributed by atoms with Gasteiger partial charge in [-0.3, -0.25) is 4.98 Å². The van der Waals surface area contributed by atoms with Gasteiger partial charge < -0.3 is 11.1 Å². The van der Waals surface area contributed by atoms with Crippen molar-refractivity contribution in [2.24, 2.45) is 0 Å². The summed E-state index contributed by atoms with van der Waals surface area (Å²) >= 11 is 1.48. The Labute approximate surface area is 129 Å². The lowest BCUT2D eigenvalue weighted by Gasteiger charge is -2.19. The molecule has 0 amide bonds. The highest BCUT2D eigenvalue weighted by Crippen LogP contribution is 2.25. The third-order valence-corrected chi connectivity index (χ3v) is 3.71. The maximum Gasteiger partial charge on any atom is 0.191 e. The van der Waals surface area contributed by atoms with Crippen molar-refractivity contribution < 1.29 is 0 Å². The second-order valence-corrected chi connectivity index (χ2v) is 5.56. The number of nitrogens with one attached hydrogen (secondary N) is 1. The predicted molar refractivity (Wildman–Crippen MR) is 88.4 cm³/mol. The molecule has 0 spiro atoms. The number of anilines is 2. The summed E-state index contributed by atoms with van der Waals surface area (Å²) < 4.78 is 0. The van der Waals surface area contributed by atoms with E-state index < -0.39 is 0 Å². The van der Waals surface area contributed by atoms with Gasteiger partial charge in [-0.05, 0) is 24.3 Å². The fourth-order valence-corrected chi connectivity index (χ4v) is 2.49. The van der Waals surface area contributed by atoms with E-state index in [4.69, 9.17) is 5.73 Å². The van der Waals surface area contributed by atoms with Gasteiger partial charge in [0.05, 0.1) is 6.04 Å². The fourth-order valence-electron chi connectivity index (χ4n) is 2.10. The van der Waals surface area contributed by atoms with Gasteiger partial charge in [-0.15, -0.1) is 0 Å². The highest BCUT2D eigenvalue weighted by molar-refractivity contribution is 7.98. The van der Waals surface area contributed by atoms with Crippen LogP contribution in [0.1, 0.15) is 37.8 Å². The highest BCUT2D eigenvalue weighted by atomic mass is 32.2. The number of nitrogen functional groups attached to an aromatic ring is 1. The molecule has 3 N–H and O–H groups in total. The molecule has 21 heavy (non-hydrogen) atoms. The van der Waals surface area contributed by atoms with Gasteiger partial charge in [0.2, 0.25) is 0 Å². The number of rotatable bonds is 7. The normalized spacial score (nSPS) is 12.1. The second kappa shape index (κ2) is 7.83. The van der Waals surface area contributed by atoms with Gasteiger partial charge in [0.15, 0.2) is 5.16 Å². The number of unbranched alkanes of at least 4 members (excludes halogenated alkanes) is 1. The molecule has 0 aliphatic heterocycles. The number of aromatic nitrogens is 3. The standard InChI is InChI=1S/C15H21N5S/c1-3-4-7-12(11-6-5-8-17-10-11)18-14-9-13(16)19-15(20-14)21-2/h5-6,8-10,12H,3-4,7H2,1-2H3,(H3,16,18,19,20). The van der Waals surface area contributed by atoms with Gasteiger partial charge in [0.1, 0.15) is 11.6 Å². The van der Waals surface area contributed by atoms with Crippen molar-refractivity contribution in [3.8, 4) is 0 Å². The smallest absolute Gasteiger partial charge is 0.191 e. The molecule has 5 nitrogen and oxygen atoms in total. The first-order chi connectivity index (χ1) is 10.2. The molecule has 2 heterocycles. The van der Waals surface area contributed by atoms with E-state index in [-0.39, 0.29) is 6.04 Å². The maximum absolute atomic E-state index is 5.83. The first-order valence-electron chi connectivity index (χ1n) is 7.08. The van der Waals surface area contributed by atoms with E-state index in [0.29, 0.717) is 11.0 Å². The van der Waals surface area contributed by atoms with Crippen LogP contribution in [0.5, 0.6) is 0 Å². The fraction of sp³-hybridized carbons (Fsp3) is 0.400. The van der Waals surface area contributed by atoms with Gasteiger partial charge >= 0.3 is 0 Å². The molecule has 0 fully saturated rings. The minimum Gasteiger partial charge on any atom is -0.383 e. The van der Waals surface area contributed by atoms with Gasteiger partial charge in [-0.2, -0.15) is 0 Å². The Morgan fingerprint density at radius 1 is 1.38 bits per heavy atom. The number of hydrogen-bond donors (Lipinski definition) is 2. The first-order valence-corrected chi connectivity index (χ1v) is 8.30. The lowest BCUT2D eigenvalue weighted by Crippen LogP contribution is -2.13. The molecule has 0 aliphatic carbocycles. The third-order valence-electron chi connectivity index (χ3n) is 3.16. The minimum atomic E-state index is 0.183. The molecule has 0 saturated carbocycles. The zero-order valence-corrected chi connectivity index (χ0v) is 13.2. The van der Waals surface area contributed by atoms with Crippen LogP contribution in [-0.4, -0.2) is 21.2 Å². The first kappa shape index (κ1) is 15.6. The molecule has 0 saturated heterocycles. The lowest BCUT2D eigenvalue weighted by atomic mass is 10.0. The van der Waals surface area contributed by atoms with Crippen LogP contribution in [0.4, 0.5) is 11.6 Å². The molecule has 0 bridgehead atoms. The molecule has 1 unspecified atom stereocenters. The van der Waals surface area contributed by atoms with Crippen molar-refractivity contribution in [3.05, 3.63) is 36.2 Å². The van der Waals surface area contributed by atoms with E-state index in [0.717, 1.165) is 30.6 Å². The number of nitrogens with two attached hydrogens (primary N) is 1. The summed E-state index contributed by atoms with van der Waals surface area (Å²) in [6.07, 6.45) is 8.94. The Morgan fingerprint density at radius 2 is 2.24 bits per heavy atom. The van der Waals surface area contributed by atoms with E-state index in [1.807, 2.05) is 18.5 Å². The van der Waals surface area contributed by atoms with Crippen LogP contribution in [0, 0.1) is 0 Å². The summed E-state index contributed by atoms with van der Waals surface area (Å²) in [7, 11) is 0. The van der Waals surface area contributed by atoms with Crippen molar-refractivity contribution in [1.29, 1.82) is 0 Å². The molecule has 0 aliphatic rings. The maximum atomic E-state index is 5.83. The molecule has 112 valence electrons. The summed E-state index contributed by atoms with van der Waals surface area (Å²) in [6.45, 7) is 2.19. The molecular formula is C15H21N5S. The predicted octanol–water partition coefficient (Wildman–Crippen LogP) is 3.52. The summed E-state index contributed by atoms with van der Waals surface area (Å²) in [5, 5.41) is 4.14. The Balaban J connectivity index is 2.20. The van der Waals surface area contributed by atoms with E-state index in [1.54, 1.807) is 12.3 Å². The largest absolute Gasteiger partial charge is 0.383 e. The lowest BCUT2D eigenvalue weighted by molar-refractivity contribution is 0.629. The highest BCUT2D eigenvalue weighted by Gasteiger charge is 2.13. The molecule has 6 heteroatoms. The molecule has 2 aromatic heterocycles. The Kier molecular flexibility index (Phi) is 5.80. The molecule has 0 radical (unpaired) electrons. The Bertz CT molecular complexity index is 561. The van der Waals surface area contributed by atoms with Crippen LogP contribution in [0.25, 0.3) is 0 Å². The zero-order chi connectivity index (χ0) is 15.1. The molecule has 2 aromatic rings. The van der Waals surface area contributed by atoms with Crippen LogP contribution in [-0.2, 0) is 0 Å². The van der Waals surface area contributed by atoms with Gasteiger partial charge in [-0.25, -0.2) is 9.97 Å². The number of hydrogen-bond acceptors (Lipinski definition) is 6. The topological polar surface area (TPSA) is 76.7 Å². The van der Waals surface area contributed by atoms with Gasteiger partial charge in [-0.1, -0.05) is 37.6 Å². The van der Waals surface area contributed by atoms with Crippen molar-refractivity contribution in [2.75, 3.05) is 17.3 Å². The molecule has 0 aromatic carbocycles. The van der Waals surface area contributed by atoms with E-state index >= 15 is 0 Å². The van der Waals surface area contributed by atoms with Crippen LogP contribution in [0.15, 0.2) is 35.7 Å². The molecule has 1 atom stereocenters. The van der Waals surface area contributed by atoms with Crippen molar-refractivity contribution in [3.63, 3.8) is 0 Å². The quantitative estimate of drug-likeness (QED) is 0.602. The average molecular weight is 303 g/mol. The van der Waals surface area contributed by atoms with Crippen LogP contribution in [0.3, 0.4) is 0 Å². The van der Waals surface area contributed by atoms with Crippen LogP contribution < -0.4 is 11.1 Å². The van der Waals surface area contributed by atoms with E-state index in [2.05, 4.69) is 33.3 Å². The molecule has 2 rings (SSSR count). The monoisotopic (exact) mass is 303 g/mol. The zero-order valence-electron chi connectivity index (χ0n) is 12.4. The Hall–Kier alpha value is -1.82. The van der Waals surface area contributed by atoms with Crippen molar-refractivity contribution in [2.45, 2.75) is 37.4 Å². The van der Waals surface area contributed by atoms with Crippen LogP contribution >= 0.6 is 11.8 Å². The van der Waals surface area contributed by atoms with Gasteiger partial charge in [0.25, 0.3) is 0 Å². The third kappa shape index (κ3) is 4.60. The summed E-state index contributed by atoms with van der Waals surface area (Å²) in [5.41, 5.74) is 6.99. The average Bonchev–Trinajstić information content (AvgIpc) is 2.51. The summed E-state index contributed by atoms with van der Waals surface area (Å²) in [4.78, 5) is 12.8. The Morgan fingerprint density at radius 3 is 2.90 bits per heavy atom. The number of nitrogens with zero attached hydrogens (tertiary/aromatic N) is 3. The van der Waals surface area contributed by atoms with Crippen LogP contribution in [0.2, 0.25) is 0 Å². The minimum absolute atomic E-state index is 0.183. The molecular weight excluding hydrogens is 282 g/mol. The van der Waals surface area contributed by atoms with Crippen molar-refractivity contribution in [1.82, 2.24) is 15.0 Å². The SMILES string of the molecule is CCCCC(Nc1cc(N)nc(SC)n1)c1cccnc1. The summed E-state index contributed by atoms with van der Waals surface area (Å²) in [5.74, 6) is 1.24. The number of pyridine rings is 1. The summed E-state index contributed by atoms with van der Waals surface area (Å²) in [6, 6.07) is 6.00. The van der Waals surface area contributed by atoms with E-state index in [9.17, 15) is 0 Å². The van der Waals surface area contributed by atoms with Gasteiger partial charge in [0, 0.05) is 18.5 Å². The second-order valence-electron chi connectivity index (χ2n) is 4.79. The van der Waals surface area contributed by atoms with Crippen molar-refractivity contribution >= 4 is 23.4 Å². The number of thioether (sulfide) groups is 1.